The van der Waals surface area contributed by atoms with Crippen molar-refractivity contribution < 1.29 is 22.7 Å². The van der Waals surface area contributed by atoms with E-state index in [1.165, 1.54) is 32.4 Å². The first-order valence-electron chi connectivity index (χ1n) is 5.43. The van der Waals surface area contributed by atoms with Crippen molar-refractivity contribution >= 4 is 21.9 Å². The van der Waals surface area contributed by atoms with E-state index in [-0.39, 0.29) is 24.4 Å². The van der Waals surface area contributed by atoms with Crippen LogP contribution in [0.25, 0.3) is 0 Å². The van der Waals surface area contributed by atoms with Crippen LogP contribution in [-0.2, 0) is 19.7 Å². The highest BCUT2D eigenvalue weighted by atomic mass is 32.2. The van der Waals surface area contributed by atoms with Crippen LogP contribution in [-0.4, -0.2) is 41.8 Å². The zero-order valence-electron chi connectivity index (χ0n) is 10.7. The average molecular weight is 288 g/mol. The molecule has 0 aliphatic rings. The van der Waals surface area contributed by atoms with E-state index in [9.17, 15) is 13.2 Å². The molecule has 0 aliphatic heterocycles. The predicted molar refractivity (Wildman–Crippen MR) is 70.2 cm³/mol. The molecule has 0 saturated heterocycles. The molecule has 2 N–H and O–H groups in total. The Balaban J connectivity index is 2.73. The van der Waals surface area contributed by atoms with Gasteiger partial charge in [0.05, 0.1) is 25.0 Å². The van der Waals surface area contributed by atoms with Crippen molar-refractivity contribution in [2.24, 2.45) is 0 Å². The summed E-state index contributed by atoms with van der Waals surface area (Å²) in [5.74, 6) is -0.534. The minimum Gasteiger partial charge on any atom is -0.465 e. The van der Waals surface area contributed by atoms with Gasteiger partial charge in [-0.05, 0) is 18.2 Å². The zero-order valence-corrected chi connectivity index (χ0v) is 11.5. The SMILES string of the molecule is COCCNS(=O)(=O)Nc1cccc(C(=O)OC)c1. The maximum absolute atomic E-state index is 11.6. The molecule has 106 valence electrons. The van der Waals surface area contributed by atoms with Crippen molar-refractivity contribution in [2.75, 3.05) is 32.1 Å². The largest absolute Gasteiger partial charge is 0.465 e. The van der Waals surface area contributed by atoms with Crippen molar-refractivity contribution in [2.45, 2.75) is 0 Å². The summed E-state index contributed by atoms with van der Waals surface area (Å²) in [5, 5.41) is 0. The molecule has 0 fully saturated rings. The lowest BCUT2D eigenvalue weighted by Gasteiger charge is -2.09. The van der Waals surface area contributed by atoms with Crippen LogP contribution in [0.15, 0.2) is 24.3 Å². The number of anilines is 1. The van der Waals surface area contributed by atoms with Gasteiger partial charge in [0.25, 0.3) is 10.2 Å². The second-order valence-electron chi connectivity index (χ2n) is 3.57. The molecule has 1 aromatic carbocycles. The van der Waals surface area contributed by atoms with Gasteiger partial charge in [0.1, 0.15) is 0 Å². The molecule has 0 bridgehead atoms. The average Bonchev–Trinajstić information content (AvgIpc) is 2.37. The molecule has 7 nitrogen and oxygen atoms in total. The first-order valence-corrected chi connectivity index (χ1v) is 6.91. The van der Waals surface area contributed by atoms with E-state index >= 15 is 0 Å². The van der Waals surface area contributed by atoms with Gasteiger partial charge in [0, 0.05) is 13.7 Å². The molecule has 0 radical (unpaired) electrons. The summed E-state index contributed by atoms with van der Waals surface area (Å²) in [6, 6.07) is 6.00. The minimum absolute atomic E-state index is 0.155. The summed E-state index contributed by atoms with van der Waals surface area (Å²) < 4.78 is 37.1. The molecule has 0 amide bonds. The molecule has 1 rings (SSSR count). The second-order valence-corrected chi connectivity index (χ2v) is 5.06. The molecule has 0 aromatic heterocycles. The first-order chi connectivity index (χ1) is 8.98. The number of carbonyl (C=O) groups excluding carboxylic acids is 1. The Labute approximate surface area is 112 Å². The first kappa shape index (κ1) is 15.4. The van der Waals surface area contributed by atoms with Gasteiger partial charge in [0.15, 0.2) is 0 Å². The van der Waals surface area contributed by atoms with Crippen molar-refractivity contribution in [3.8, 4) is 0 Å². The number of hydrogen-bond acceptors (Lipinski definition) is 5. The number of nitrogens with one attached hydrogen (secondary N) is 2. The van der Waals surface area contributed by atoms with Crippen molar-refractivity contribution in [1.82, 2.24) is 4.72 Å². The number of carbonyl (C=O) groups is 1. The summed E-state index contributed by atoms with van der Waals surface area (Å²) in [5.41, 5.74) is 0.535. The topological polar surface area (TPSA) is 93.7 Å². The van der Waals surface area contributed by atoms with Crippen LogP contribution in [0, 0.1) is 0 Å². The molecule has 0 unspecified atom stereocenters. The lowest BCUT2D eigenvalue weighted by molar-refractivity contribution is 0.0601. The third-order valence-electron chi connectivity index (χ3n) is 2.13. The molecular formula is C11H16N2O5S. The van der Waals surface area contributed by atoms with E-state index < -0.39 is 16.2 Å². The molecule has 0 atom stereocenters. The van der Waals surface area contributed by atoms with Crippen LogP contribution in [0.3, 0.4) is 0 Å². The Bertz CT molecular complexity index is 530. The number of hydrogen-bond donors (Lipinski definition) is 2. The van der Waals surface area contributed by atoms with Crippen LogP contribution in [0.1, 0.15) is 10.4 Å². The highest BCUT2D eigenvalue weighted by molar-refractivity contribution is 7.90. The van der Waals surface area contributed by atoms with Crippen molar-refractivity contribution in [3.63, 3.8) is 0 Å². The van der Waals surface area contributed by atoms with E-state index in [0.29, 0.717) is 0 Å². The fraction of sp³-hybridized carbons (Fsp3) is 0.364. The predicted octanol–water partition coefficient (Wildman–Crippen LogP) is 0.366. The van der Waals surface area contributed by atoms with Gasteiger partial charge in [-0.15, -0.1) is 0 Å². The van der Waals surface area contributed by atoms with Crippen LogP contribution in [0.4, 0.5) is 5.69 Å². The number of methoxy groups -OCH3 is 2. The summed E-state index contributed by atoms with van der Waals surface area (Å²) in [4.78, 5) is 11.3. The van der Waals surface area contributed by atoms with Crippen LogP contribution >= 0.6 is 0 Å². The standard InChI is InChI=1S/C11H16N2O5S/c1-17-7-6-12-19(15,16)13-10-5-3-4-9(8-10)11(14)18-2/h3-5,8,12-13H,6-7H2,1-2H3. The third-order valence-corrected chi connectivity index (χ3v) is 3.22. The maximum Gasteiger partial charge on any atom is 0.337 e. The Morgan fingerprint density at radius 1 is 1.32 bits per heavy atom. The third kappa shape index (κ3) is 5.25. The fourth-order valence-electron chi connectivity index (χ4n) is 1.30. The van der Waals surface area contributed by atoms with Gasteiger partial charge in [-0.3, -0.25) is 4.72 Å². The molecule has 19 heavy (non-hydrogen) atoms. The Hall–Kier alpha value is -1.64. The number of ether oxygens (including phenoxy) is 2. The summed E-state index contributed by atoms with van der Waals surface area (Å²) >= 11 is 0. The van der Waals surface area contributed by atoms with E-state index in [1.807, 2.05) is 0 Å². The lowest BCUT2D eigenvalue weighted by Crippen LogP contribution is -2.32. The van der Waals surface area contributed by atoms with Gasteiger partial charge in [-0.25, -0.2) is 4.79 Å². The molecule has 0 spiro atoms. The van der Waals surface area contributed by atoms with Gasteiger partial charge < -0.3 is 9.47 Å². The van der Waals surface area contributed by atoms with Gasteiger partial charge in [-0.2, -0.15) is 13.1 Å². The van der Waals surface area contributed by atoms with E-state index in [0.717, 1.165) is 0 Å². The zero-order chi connectivity index (χ0) is 14.3. The van der Waals surface area contributed by atoms with E-state index in [4.69, 9.17) is 4.74 Å². The lowest BCUT2D eigenvalue weighted by atomic mass is 10.2. The van der Waals surface area contributed by atoms with Crippen LogP contribution in [0.5, 0.6) is 0 Å². The maximum atomic E-state index is 11.6. The molecule has 8 heteroatoms. The smallest absolute Gasteiger partial charge is 0.337 e. The molecule has 0 aliphatic carbocycles. The van der Waals surface area contributed by atoms with Crippen LogP contribution in [0.2, 0.25) is 0 Å². The number of esters is 1. The van der Waals surface area contributed by atoms with Gasteiger partial charge >= 0.3 is 5.97 Å². The monoisotopic (exact) mass is 288 g/mol. The summed E-state index contributed by atoms with van der Waals surface area (Å²) in [7, 11) is -0.959. The Morgan fingerprint density at radius 2 is 2.05 bits per heavy atom. The van der Waals surface area contributed by atoms with Crippen LogP contribution < -0.4 is 9.44 Å². The molecule has 1 aromatic rings. The molecule has 0 saturated carbocycles. The highest BCUT2D eigenvalue weighted by Crippen LogP contribution is 2.12. The molecular weight excluding hydrogens is 272 g/mol. The van der Waals surface area contributed by atoms with Crippen molar-refractivity contribution in [3.05, 3.63) is 29.8 Å². The summed E-state index contributed by atoms with van der Waals surface area (Å²) in [6.07, 6.45) is 0. The fourth-order valence-corrected chi connectivity index (χ4v) is 2.16. The van der Waals surface area contributed by atoms with E-state index in [2.05, 4.69) is 14.2 Å². The second kappa shape index (κ2) is 7.07. The Kier molecular flexibility index (Phi) is 5.74. The van der Waals surface area contributed by atoms with Gasteiger partial charge in [0.2, 0.25) is 0 Å². The number of benzene rings is 1. The Morgan fingerprint density at radius 3 is 2.68 bits per heavy atom. The quantitative estimate of drug-likeness (QED) is 0.558. The van der Waals surface area contributed by atoms with Gasteiger partial charge in [-0.1, -0.05) is 6.07 Å². The summed E-state index contributed by atoms with van der Waals surface area (Å²) in [6.45, 7) is 0.422. The van der Waals surface area contributed by atoms with Crippen molar-refractivity contribution in [1.29, 1.82) is 0 Å². The molecule has 0 heterocycles. The van der Waals surface area contributed by atoms with E-state index in [1.54, 1.807) is 6.07 Å². The highest BCUT2D eigenvalue weighted by Gasteiger charge is 2.11. The minimum atomic E-state index is -3.69. The normalized spacial score (nSPS) is 11.1. The number of rotatable bonds is 7.